The minimum Gasteiger partial charge on any atom is -0.443 e. The fraction of sp³-hybridized carbons (Fsp3) is 0.238. The van der Waals surface area contributed by atoms with Crippen LogP contribution >= 0.6 is 0 Å². The summed E-state index contributed by atoms with van der Waals surface area (Å²) in [5.74, 6) is -0.775. The van der Waals surface area contributed by atoms with Crippen LogP contribution in [0.3, 0.4) is 0 Å². The molecule has 0 saturated carbocycles. The number of anilines is 1. The first-order chi connectivity index (χ1) is 14.5. The zero-order chi connectivity index (χ0) is 22.3. The van der Waals surface area contributed by atoms with Crippen molar-refractivity contribution >= 4 is 26.6 Å². The second kappa shape index (κ2) is 6.13. The first-order valence-electron chi connectivity index (χ1n) is 9.43. The van der Waals surface area contributed by atoms with Crippen LogP contribution < -0.4 is 5.32 Å². The van der Waals surface area contributed by atoms with Gasteiger partial charge in [0, 0.05) is 28.3 Å². The second-order valence-electron chi connectivity index (χ2n) is 8.20. The molecule has 3 heterocycles. The van der Waals surface area contributed by atoms with Crippen molar-refractivity contribution in [2.24, 2.45) is 0 Å². The Kier molecular flexibility index (Phi) is 3.89. The van der Waals surface area contributed by atoms with E-state index >= 15 is 4.39 Å². The highest BCUT2D eigenvalue weighted by Gasteiger charge is 2.37. The Morgan fingerprint density at radius 2 is 1.90 bits per heavy atom. The summed E-state index contributed by atoms with van der Waals surface area (Å²) >= 11 is 0. The number of halogens is 2. The number of benzene rings is 2. The highest BCUT2D eigenvalue weighted by atomic mass is 32.2. The van der Waals surface area contributed by atoms with Crippen molar-refractivity contribution in [3.05, 3.63) is 53.7 Å². The third-order valence-electron chi connectivity index (χ3n) is 5.57. The Morgan fingerprint density at radius 1 is 1.16 bits per heavy atom. The van der Waals surface area contributed by atoms with Crippen LogP contribution in [0, 0.1) is 18.6 Å². The van der Waals surface area contributed by atoms with E-state index in [1.54, 1.807) is 6.92 Å². The summed E-state index contributed by atoms with van der Waals surface area (Å²) in [6.07, 6.45) is 3.60. The molecule has 0 amide bonds. The summed E-state index contributed by atoms with van der Waals surface area (Å²) in [6.45, 7) is 5.53. The number of rotatable bonds is 2. The lowest BCUT2D eigenvalue weighted by molar-refractivity contribution is 0.547. The van der Waals surface area contributed by atoms with Gasteiger partial charge in [0.15, 0.2) is 12.2 Å². The molecular weight excluding hydrogens is 426 g/mol. The average Bonchev–Trinajstić information content (AvgIpc) is 3.27. The van der Waals surface area contributed by atoms with E-state index < -0.39 is 27.2 Å². The predicted molar refractivity (Wildman–Crippen MR) is 112 cm³/mol. The van der Waals surface area contributed by atoms with E-state index in [9.17, 15) is 12.8 Å². The van der Waals surface area contributed by atoms with Gasteiger partial charge in [0.1, 0.15) is 17.3 Å². The fourth-order valence-electron chi connectivity index (χ4n) is 4.30. The number of aromatic nitrogens is 3. The van der Waals surface area contributed by atoms with Crippen molar-refractivity contribution in [2.45, 2.75) is 26.3 Å². The summed E-state index contributed by atoms with van der Waals surface area (Å²) in [5, 5.41) is 7.48. The second-order valence-corrected chi connectivity index (χ2v) is 10.0. The van der Waals surface area contributed by atoms with E-state index in [1.807, 2.05) is 13.8 Å². The lowest BCUT2D eigenvalue weighted by Crippen LogP contribution is -2.32. The van der Waals surface area contributed by atoms with Gasteiger partial charge in [-0.1, -0.05) is 0 Å². The predicted octanol–water partition coefficient (Wildman–Crippen LogP) is 4.41. The van der Waals surface area contributed by atoms with E-state index in [2.05, 4.69) is 15.4 Å². The first-order valence-corrected chi connectivity index (χ1v) is 11.3. The van der Waals surface area contributed by atoms with E-state index in [4.69, 9.17) is 4.42 Å². The Labute approximate surface area is 176 Å². The van der Waals surface area contributed by atoms with Crippen LogP contribution in [0.5, 0.6) is 0 Å². The van der Waals surface area contributed by atoms with Gasteiger partial charge in [-0.15, -0.1) is 0 Å². The van der Waals surface area contributed by atoms with Crippen LogP contribution in [0.25, 0.3) is 33.4 Å². The van der Waals surface area contributed by atoms with Crippen LogP contribution in [-0.4, -0.2) is 28.8 Å². The van der Waals surface area contributed by atoms with Crippen LogP contribution in [0.4, 0.5) is 14.5 Å². The molecule has 0 bridgehead atoms. The van der Waals surface area contributed by atoms with Crippen molar-refractivity contribution in [3.8, 4) is 22.5 Å². The van der Waals surface area contributed by atoms with Crippen molar-refractivity contribution in [1.82, 2.24) is 14.2 Å². The molecule has 31 heavy (non-hydrogen) atoms. The van der Waals surface area contributed by atoms with E-state index in [0.717, 1.165) is 16.4 Å². The lowest BCUT2D eigenvalue weighted by atomic mass is 9.85. The topological polar surface area (TPSA) is 90.0 Å². The van der Waals surface area contributed by atoms with Crippen molar-refractivity contribution in [3.63, 3.8) is 0 Å². The maximum absolute atomic E-state index is 15.4. The molecule has 0 atom stereocenters. The molecule has 0 fully saturated rings. The molecule has 0 radical (unpaired) electrons. The van der Waals surface area contributed by atoms with Crippen molar-refractivity contribution in [2.75, 3.05) is 11.6 Å². The number of nitrogens with one attached hydrogen (secondary N) is 1. The van der Waals surface area contributed by atoms with Crippen LogP contribution in [0.1, 0.15) is 25.1 Å². The molecule has 4 aromatic rings. The number of oxazole rings is 1. The largest absolute Gasteiger partial charge is 0.443 e. The number of fused-ring (bicyclic) bond motifs is 4. The van der Waals surface area contributed by atoms with Gasteiger partial charge in [-0.25, -0.2) is 22.2 Å². The maximum atomic E-state index is 15.4. The molecule has 0 spiro atoms. The molecule has 2 aromatic heterocycles. The zero-order valence-corrected chi connectivity index (χ0v) is 17.9. The Balaban J connectivity index is 1.85. The summed E-state index contributed by atoms with van der Waals surface area (Å²) < 4.78 is 60.4. The number of hydrogen-bond acceptors (Lipinski definition) is 6. The minimum atomic E-state index is -3.77. The van der Waals surface area contributed by atoms with E-state index in [-0.39, 0.29) is 16.6 Å². The van der Waals surface area contributed by atoms with E-state index in [1.165, 1.54) is 24.7 Å². The smallest absolute Gasteiger partial charge is 0.251 e. The van der Waals surface area contributed by atoms with Gasteiger partial charge in [0.2, 0.25) is 0 Å². The fourth-order valence-corrected chi connectivity index (χ4v) is 5.03. The first kappa shape index (κ1) is 19.7. The molecule has 1 aliphatic heterocycles. The van der Waals surface area contributed by atoms with Gasteiger partial charge in [-0.05, 0) is 44.0 Å². The van der Waals surface area contributed by atoms with Gasteiger partial charge < -0.3 is 9.73 Å². The zero-order valence-electron chi connectivity index (χ0n) is 17.1. The van der Waals surface area contributed by atoms with Crippen LogP contribution in [0.2, 0.25) is 0 Å². The van der Waals surface area contributed by atoms with Gasteiger partial charge >= 0.3 is 0 Å². The summed E-state index contributed by atoms with van der Waals surface area (Å²) in [5.41, 5.74) is 2.15. The molecule has 0 saturated heterocycles. The molecule has 10 heteroatoms. The SMILES string of the molecule is Cc1c(-c2cc(F)cc3c2cnn3S(C)(=O)=O)c(F)cc2c1-c1ocnc1C(C)(C)N2. The normalized spacial score (nSPS) is 14.9. The standard InChI is InChI=1S/C21H18F2N4O3S/c1-10-17(12-5-11(22)6-16-13(12)8-25-27(16)31(4,28)29)14(23)7-15-18(10)19-20(24-9-30-19)21(2,3)26-15/h5-9,26H,1-4H3. The average molecular weight is 444 g/mol. The van der Waals surface area contributed by atoms with Gasteiger partial charge in [0.05, 0.1) is 23.5 Å². The molecule has 0 unspecified atom stereocenters. The molecule has 0 aliphatic carbocycles. The molecule has 1 aliphatic rings. The Morgan fingerprint density at radius 3 is 2.61 bits per heavy atom. The molecule has 1 N–H and O–H groups in total. The lowest BCUT2D eigenvalue weighted by Gasteiger charge is -2.33. The van der Waals surface area contributed by atoms with Crippen LogP contribution in [0.15, 0.2) is 35.2 Å². The monoisotopic (exact) mass is 444 g/mol. The summed E-state index contributed by atoms with van der Waals surface area (Å²) in [7, 11) is -3.77. The number of hydrogen-bond donors (Lipinski definition) is 1. The molecular formula is C21H18F2N4O3S. The molecule has 160 valence electrons. The highest BCUT2D eigenvalue weighted by molar-refractivity contribution is 7.89. The maximum Gasteiger partial charge on any atom is 0.251 e. The van der Waals surface area contributed by atoms with Gasteiger partial charge in [-0.3, -0.25) is 0 Å². The summed E-state index contributed by atoms with van der Waals surface area (Å²) in [4.78, 5) is 4.31. The molecule has 2 aromatic carbocycles. The van der Waals surface area contributed by atoms with Crippen molar-refractivity contribution in [1.29, 1.82) is 0 Å². The minimum absolute atomic E-state index is 0.0358. The van der Waals surface area contributed by atoms with E-state index in [0.29, 0.717) is 33.7 Å². The molecule has 7 nitrogen and oxygen atoms in total. The van der Waals surface area contributed by atoms with Crippen molar-refractivity contribution < 1.29 is 21.6 Å². The quantitative estimate of drug-likeness (QED) is 0.493. The third kappa shape index (κ3) is 2.78. The Hall–Kier alpha value is -3.27. The van der Waals surface area contributed by atoms with Crippen LogP contribution in [-0.2, 0) is 15.6 Å². The molecule has 5 rings (SSSR count). The van der Waals surface area contributed by atoms with Gasteiger partial charge in [-0.2, -0.15) is 9.19 Å². The summed E-state index contributed by atoms with van der Waals surface area (Å²) in [6, 6.07) is 3.58. The number of nitrogens with zero attached hydrogens (tertiary/aromatic N) is 3. The third-order valence-corrected chi connectivity index (χ3v) is 6.49. The van der Waals surface area contributed by atoms with Gasteiger partial charge in [0.25, 0.3) is 10.0 Å². The highest BCUT2D eigenvalue weighted by Crippen LogP contribution is 2.48. The Bertz CT molecular complexity index is 1500.